The van der Waals surface area contributed by atoms with Crippen molar-refractivity contribution in [2.45, 2.75) is 219 Å². The second-order valence-corrected chi connectivity index (χ2v) is 15.7. The molecule has 0 aromatic rings. The van der Waals surface area contributed by atoms with Gasteiger partial charge in [-0.1, -0.05) is 183 Å². The molecule has 0 saturated heterocycles. The molecule has 0 N–H and O–H groups in total. The molecule has 0 rings (SSSR count). The zero-order valence-corrected chi connectivity index (χ0v) is 38.2. The molecule has 1 atom stereocenters. The number of carbonyl (C=O) groups excluding carboxylic acids is 3. The van der Waals surface area contributed by atoms with Crippen LogP contribution in [0.4, 0.5) is 0 Å². The van der Waals surface area contributed by atoms with Crippen LogP contribution < -0.4 is 0 Å². The van der Waals surface area contributed by atoms with Gasteiger partial charge in [-0.3, -0.25) is 14.4 Å². The summed E-state index contributed by atoms with van der Waals surface area (Å²) in [6, 6.07) is 0. The molecule has 0 aliphatic rings. The lowest BCUT2D eigenvalue weighted by Gasteiger charge is -2.18. The average molecular weight is 821 g/mol. The van der Waals surface area contributed by atoms with E-state index in [0.29, 0.717) is 19.3 Å². The van der Waals surface area contributed by atoms with Crippen LogP contribution in [0.5, 0.6) is 0 Å². The summed E-state index contributed by atoms with van der Waals surface area (Å²) in [5, 5.41) is 0. The van der Waals surface area contributed by atoms with Gasteiger partial charge in [0.2, 0.25) is 0 Å². The monoisotopic (exact) mass is 821 g/mol. The Balaban J connectivity index is 4.47. The molecular formula is C53H88O6. The van der Waals surface area contributed by atoms with E-state index in [1.807, 2.05) is 0 Å². The smallest absolute Gasteiger partial charge is 0.306 e. The number of unbranched alkanes of at least 4 members (excludes halogenated alkanes) is 19. The Morgan fingerprint density at radius 1 is 0.373 bits per heavy atom. The molecule has 59 heavy (non-hydrogen) atoms. The topological polar surface area (TPSA) is 78.9 Å². The number of rotatable bonds is 42. The summed E-state index contributed by atoms with van der Waals surface area (Å²) in [6.45, 7) is 6.31. The highest BCUT2D eigenvalue weighted by molar-refractivity contribution is 5.71. The minimum Gasteiger partial charge on any atom is -0.462 e. The van der Waals surface area contributed by atoms with Crippen molar-refractivity contribution in [1.82, 2.24) is 0 Å². The van der Waals surface area contributed by atoms with Crippen molar-refractivity contribution in [3.05, 3.63) is 85.1 Å². The number of allylic oxidation sites excluding steroid dienone is 14. The first-order chi connectivity index (χ1) is 29.0. The van der Waals surface area contributed by atoms with E-state index in [9.17, 15) is 14.4 Å². The van der Waals surface area contributed by atoms with Crippen LogP contribution in [0.15, 0.2) is 85.1 Å². The predicted octanol–water partition coefficient (Wildman–Crippen LogP) is 15.6. The SMILES string of the molecule is CC\C=C/C=C\C=C/CCCCCCCCCC(=O)OCC(COC(=O)CCCC/C=C\C/C=C\C/C=C\CC)OC(=O)CCCCC/C=C\CCCCCCCCC. The summed E-state index contributed by atoms with van der Waals surface area (Å²) in [5.74, 6) is -0.975. The van der Waals surface area contributed by atoms with Crippen molar-refractivity contribution in [2.24, 2.45) is 0 Å². The first kappa shape index (κ1) is 55.6. The minimum atomic E-state index is -0.804. The van der Waals surface area contributed by atoms with E-state index in [4.69, 9.17) is 14.2 Å². The van der Waals surface area contributed by atoms with Gasteiger partial charge in [0, 0.05) is 19.3 Å². The molecule has 0 aliphatic heterocycles. The molecule has 0 amide bonds. The first-order valence-corrected chi connectivity index (χ1v) is 24.1. The number of carbonyl (C=O) groups is 3. The Hall–Kier alpha value is -3.41. The molecule has 0 aliphatic carbocycles. The Morgan fingerprint density at radius 3 is 1.29 bits per heavy atom. The van der Waals surface area contributed by atoms with Gasteiger partial charge in [-0.2, -0.15) is 0 Å². The molecule has 6 nitrogen and oxygen atoms in total. The second-order valence-electron chi connectivity index (χ2n) is 15.7. The summed E-state index contributed by atoms with van der Waals surface area (Å²) in [6.07, 6.45) is 60.0. The van der Waals surface area contributed by atoms with Gasteiger partial charge < -0.3 is 14.2 Å². The van der Waals surface area contributed by atoms with Gasteiger partial charge in [-0.25, -0.2) is 0 Å². The van der Waals surface area contributed by atoms with Crippen LogP contribution in [0.25, 0.3) is 0 Å². The van der Waals surface area contributed by atoms with E-state index in [0.717, 1.165) is 103 Å². The van der Waals surface area contributed by atoms with Gasteiger partial charge in [-0.05, 0) is 96.3 Å². The molecule has 0 heterocycles. The summed E-state index contributed by atoms with van der Waals surface area (Å²) >= 11 is 0. The third-order valence-corrected chi connectivity index (χ3v) is 9.93. The van der Waals surface area contributed by atoms with Gasteiger partial charge in [0.1, 0.15) is 13.2 Å². The first-order valence-electron chi connectivity index (χ1n) is 24.1. The minimum absolute atomic E-state index is 0.102. The van der Waals surface area contributed by atoms with Gasteiger partial charge in [0.25, 0.3) is 0 Å². The standard InChI is InChI=1S/C53H88O6/c1-4-7-10-13-16-19-22-25-27-29-31-34-37-40-43-46-52(55)58-49-50(48-57-51(54)45-42-39-36-33-30-24-21-18-15-12-9-6-3)59-53(56)47-44-41-38-35-32-28-26-23-20-17-14-11-8-5-2/h7,9-10,12-13,16,18-19,21-22,28,30,32-33,50H,4-6,8,11,14-15,17,20,23-27,29,31,34-49H2,1-3H3/b10-7-,12-9-,16-13-,21-18-,22-19-,32-28-,33-30-. The fourth-order valence-corrected chi connectivity index (χ4v) is 6.33. The fourth-order valence-electron chi connectivity index (χ4n) is 6.33. The maximum atomic E-state index is 12.7. The molecule has 0 fully saturated rings. The zero-order valence-electron chi connectivity index (χ0n) is 38.2. The average Bonchev–Trinajstić information content (AvgIpc) is 3.23. The van der Waals surface area contributed by atoms with Crippen LogP contribution >= 0.6 is 0 Å². The van der Waals surface area contributed by atoms with Gasteiger partial charge in [0.05, 0.1) is 0 Å². The molecule has 1 unspecified atom stereocenters. The van der Waals surface area contributed by atoms with Crippen molar-refractivity contribution in [3.63, 3.8) is 0 Å². The number of ether oxygens (including phenoxy) is 3. The maximum Gasteiger partial charge on any atom is 0.306 e. The highest BCUT2D eigenvalue weighted by atomic mass is 16.6. The maximum absolute atomic E-state index is 12.7. The largest absolute Gasteiger partial charge is 0.462 e. The van der Waals surface area contributed by atoms with E-state index >= 15 is 0 Å². The van der Waals surface area contributed by atoms with Crippen LogP contribution in [-0.2, 0) is 28.6 Å². The number of hydrogen-bond acceptors (Lipinski definition) is 6. The van der Waals surface area contributed by atoms with E-state index in [1.54, 1.807) is 0 Å². The lowest BCUT2D eigenvalue weighted by molar-refractivity contribution is -0.167. The summed E-state index contributed by atoms with van der Waals surface area (Å²) in [5.41, 5.74) is 0. The van der Waals surface area contributed by atoms with Crippen LogP contribution in [0.1, 0.15) is 213 Å². The normalized spacial score (nSPS) is 12.8. The quantitative estimate of drug-likeness (QED) is 0.0201. The summed E-state index contributed by atoms with van der Waals surface area (Å²) in [7, 11) is 0. The van der Waals surface area contributed by atoms with E-state index in [1.165, 1.54) is 70.6 Å². The summed E-state index contributed by atoms with van der Waals surface area (Å²) in [4.78, 5) is 37.8. The van der Waals surface area contributed by atoms with Crippen molar-refractivity contribution in [1.29, 1.82) is 0 Å². The highest BCUT2D eigenvalue weighted by Crippen LogP contribution is 2.13. The van der Waals surface area contributed by atoms with Gasteiger partial charge >= 0.3 is 17.9 Å². The third kappa shape index (κ3) is 45.5. The van der Waals surface area contributed by atoms with Gasteiger partial charge in [-0.15, -0.1) is 0 Å². The molecule has 336 valence electrons. The predicted molar refractivity (Wildman–Crippen MR) is 251 cm³/mol. The lowest BCUT2D eigenvalue weighted by Crippen LogP contribution is -2.30. The van der Waals surface area contributed by atoms with Crippen LogP contribution in [-0.4, -0.2) is 37.2 Å². The number of esters is 3. The molecule has 0 aromatic carbocycles. The summed E-state index contributed by atoms with van der Waals surface area (Å²) < 4.78 is 16.7. The third-order valence-electron chi connectivity index (χ3n) is 9.93. The Labute approximate surface area is 363 Å². The zero-order chi connectivity index (χ0) is 43.0. The Bertz CT molecular complexity index is 1170. The van der Waals surface area contributed by atoms with Gasteiger partial charge in [0.15, 0.2) is 6.10 Å². The van der Waals surface area contributed by atoms with Crippen molar-refractivity contribution < 1.29 is 28.6 Å². The van der Waals surface area contributed by atoms with E-state index < -0.39 is 6.10 Å². The van der Waals surface area contributed by atoms with Crippen molar-refractivity contribution >= 4 is 17.9 Å². The molecule has 0 spiro atoms. The van der Waals surface area contributed by atoms with E-state index in [2.05, 4.69) is 106 Å². The van der Waals surface area contributed by atoms with Crippen LogP contribution in [0, 0.1) is 0 Å². The number of hydrogen-bond donors (Lipinski definition) is 0. The van der Waals surface area contributed by atoms with Crippen LogP contribution in [0.3, 0.4) is 0 Å². The molecule has 0 saturated carbocycles. The Morgan fingerprint density at radius 2 is 0.746 bits per heavy atom. The van der Waals surface area contributed by atoms with Crippen molar-refractivity contribution in [2.75, 3.05) is 13.2 Å². The molecule has 6 heteroatoms. The molecule has 0 aromatic heterocycles. The Kier molecular flexibility index (Phi) is 44.5. The molecular weight excluding hydrogens is 733 g/mol. The van der Waals surface area contributed by atoms with E-state index in [-0.39, 0.29) is 31.1 Å². The fraction of sp³-hybridized carbons (Fsp3) is 0.679. The highest BCUT2D eigenvalue weighted by Gasteiger charge is 2.19. The van der Waals surface area contributed by atoms with Crippen molar-refractivity contribution in [3.8, 4) is 0 Å². The van der Waals surface area contributed by atoms with Crippen LogP contribution in [0.2, 0.25) is 0 Å². The second kappa shape index (κ2) is 47.3. The molecule has 0 bridgehead atoms. The lowest BCUT2D eigenvalue weighted by atomic mass is 10.1. The molecule has 0 radical (unpaired) electrons.